The van der Waals surface area contributed by atoms with Crippen molar-refractivity contribution in [2.24, 2.45) is 5.73 Å². The highest BCUT2D eigenvalue weighted by atomic mass is 16.2. The molecule has 0 aromatic heterocycles. The van der Waals surface area contributed by atoms with Crippen molar-refractivity contribution in [3.63, 3.8) is 0 Å². The van der Waals surface area contributed by atoms with Gasteiger partial charge in [0.1, 0.15) is 6.04 Å². The first-order chi connectivity index (χ1) is 9.70. The van der Waals surface area contributed by atoms with Gasteiger partial charge in [0, 0.05) is 19.5 Å². The molecule has 2 amide bonds. The fourth-order valence-corrected chi connectivity index (χ4v) is 2.37. The predicted molar refractivity (Wildman–Crippen MR) is 76.7 cm³/mol. The van der Waals surface area contributed by atoms with Crippen molar-refractivity contribution in [3.8, 4) is 0 Å². The first kappa shape index (κ1) is 14.5. The molecule has 1 unspecified atom stereocenters. The molecule has 108 valence electrons. The zero-order valence-electron chi connectivity index (χ0n) is 11.5. The highest BCUT2D eigenvalue weighted by molar-refractivity contribution is 5.90. The van der Waals surface area contributed by atoms with Gasteiger partial charge in [-0.3, -0.25) is 9.59 Å². The molecule has 0 spiro atoms. The first-order valence-corrected chi connectivity index (χ1v) is 7.03. The molecular formula is C15H21N3O2. The number of benzene rings is 1. The van der Waals surface area contributed by atoms with Crippen LogP contribution in [0, 0.1) is 0 Å². The average molecular weight is 275 g/mol. The smallest absolute Gasteiger partial charge is 0.245 e. The summed E-state index contributed by atoms with van der Waals surface area (Å²) in [6.07, 6.45) is 1.79. The Morgan fingerprint density at radius 2 is 2.10 bits per heavy atom. The maximum atomic E-state index is 12.5. The lowest BCUT2D eigenvalue weighted by atomic mass is 10.1. The van der Waals surface area contributed by atoms with Gasteiger partial charge in [-0.25, -0.2) is 0 Å². The van der Waals surface area contributed by atoms with Crippen molar-refractivity contribution in [1.82, 2.24) is 10.2 Å². The zero-order valence-corrected chi connectivity index (χ0v) is 11.5. The maximum Gasteiger partial charge on any atom is 0.245 e. The fourth-order valence-electron chi connectivity index (χ4n) is 2.37. The second kappa shape index (κ2) is 7.05. The van der Waals surface area contributed by atoms with Crippen LogP contribution >= 0.6 is 0 Å². The van der Waals surface area contributed by atoms with Crippen molar-refractivity contribution >= 4 is 11.8 Å². The van der Waals surface area contributed by atoms with E-state index in [2.05, 4.69) is 5.32 Å². The Bertz CT molecular complexity index is 461. The minimum absolute atomic E-state index is 0.00634. The van der Waals surface area contributed by atoms with Crippen LogP contribution in [0.3, 0.4) is 0 Å². The first-order valence-electron chi connectivity index (χ1n) is 7.03. The van der Waals surface area contributed by atoms with E-state index in [-0.39, 0.29) is 17.9 Å². The summed E-state index contributed by atoms with van der Waals surface area (Å²) in [6.45, 7) is 1.73. The number of nitrogens with zero attached hydrogens (tertiary/aromatic N) is 1. The van der Waals surface area contributed by atoms with Crippen LogP contribution in [0.1, 0.15) is 24.8 Å². The second-order valence-electron chi connectivity index (χ2n) is 5.05. The summed E-state index contributed by atoms with van der Waals surface area (Å²) in [7, 11) is 0. The number of hydrogen-bond acceptors (Lipinski definition) is 3. The van der Waals surface area contributed by atoms with E-state index in [9.17, 15) is 9.59 Å². The highest BCUT2D eigenvalue weighted by Crippen LogP contribution is 2.13. The summed E-state index contributed by atoms with van der Waals surface area (Å²) in [5.41, 5.74) is 6.62. The summed E-state index contributed by atoms with van der Waals surface area (Å²) in [6, 6.07) is 9.49. The van der Waals surface area contributed by atoms with Gasteiger partial charge in [-0.2, -0.15) is 0 Å². The molecule has 1 heterocycles. The second-order valence-corrected chi connectivity index (χ2v) is 5.05. The number of amides is 2. The van der Waals surface area contributed by atoms with Crippen molar-refractivity contribution in [2.45, 2.75) is 31.8 Å². The molecule has 1 fully saturated rings. The normalized spacial score (nSPS) is 17.9. The SMILES string of the molecule is NCCCN(Cc1ccccc1)C(=O)C1CCC(=O)N1. The third kappa shape index (κ3) is 3.81. The topological polar surface area (TPSA) is 75.4 Å². The van der Waals surface area contributed by atoms with Gasteiger partial charge in [-0.15, -0.1) is 0 Å². The molecule has 1 aromatic carbocycles. The number of hydrogen-bond donors (Lipinski definition) is 2. The molecule has 0 bridgehead atoms. The molecule has 1 saturated heterocycles. The predicted octanol–water partition coefficient (Wildman–Crippen LogP) is 0.643. The standard InChI is InChI=1S/C15H21N3O2/c16-9-4-10-18(11-12-5-2-1-3-6-12)15(20)13-7-8-14(19)17-13/h1-3,5-6,13H,4,7-11,16H2,(H,17,19). The van der Waals surface area contributed by atoms with Gasteiger partial charge < -0.3 is 16.0 Å². The molecule has 1 atom stereocenters. The Morgan fingerprint density at radius 1 is 1.35 bits per heavy atom. The van der Waals surface area contributed by atoms with E-state index < -0.39 is 0 Å². The highest BCUT2D eigenvalue weighted by Gasteiger charge is 2.30. The Labute approximate surface area is 119 Å². The number of rotatable bonds is 6. The largest absolute Gasteiger partial charge is 0.344 e. The molecule has 5 nitrogen and oxygen atoms in total. The van der Waals surface area contributed by atoms with E-state index in [1.807, 2.05) is 30.3 Å². The van der Waals surface area contributed by atoms with Gasteiger partial charge in [0.25, 0.3) is 0 Å². The monoisotopic (exact) mass is 275 g/mol. The lowest BCUT2D eigenvalue weighted by Crippen LogP contribution is -2.44. The van der Waals surface area contributed by atoms with Crippen LogP contribution in [0.15, 0.2) is 30.3 Å². The molecule has 3 N–H and O–H groups in total. The van der Waals surface area contributed by atoms with Crippen molar-refractivity contribution in [2.75, 3.05) is 13.1 Å². The van der Waals surface area contributed by atoms with Crippen molar-refractivity contribution < 1.29 is 9.59 Å². The lowest BCUT2D eigenvalue weighted by Gasteiger charge is -2.25. The van der Waals surface area contributed by atoms with Crippen LogP contribution in [0.4, 0.5) is 0 Å². The molecule has 0 aliphatic carbocycles. The zero-order chi connectivity index (χ0) is 14.4. The van der Waals surface area contributed by atoms with Crippen molar-refractivity contribution in [3.05, 3.63) is 35.9 Å². The van der Waals surface area contributed by atoms with E-state index in [4.69, 9.17) is 5.73 Å². The molecule has 1 aliphatic rings. The van der Waals surface area contributed by atoms with E-state index in [0.717, 1.165) is 12.0 Å². The summed E-state index contributed by atoms with van der Waals surface area (Å²) >= 11 is 0. The van der Waals surface area contributed by atoms with Gasteiger partial charge in [-0.1, -0.05) is 30.3 Å². The Kier molecular flexibility index (Phi) is 5.12. The number of nitrogens with one attached hydrogen (secondary N) is 1. The van der Waals surface area contributed by atoms with Gasteiger partial charge in [0.15, 0.2) is 0 Å². The van der Waals surface area contributed by atoms with E-state index in [1.54, 1.807) is 4.90 Å². The number of nitrogens with two attached hydrogens (primary N) is 1. The molecule has 5 heteroatoms. The molecule has 1 aliphatic heterocycles. The van der Waals surface area contributed by atoms with Gasteiger partial charge in [0.05, 0.1) is 0 Å². The number of carbonyl (C=O) groups is 2. The maximum absolute atomic E-state index is 12.5. The van der Waals surface area contributed by atoms with Crippen LogP contribution in [0.2, 0.25) is 0 Å². The third-order valence-corrected chi connectivity index (χ3v) is 3.45. The van der Waals surface area contributed by atoms with Crippen molar-refractivity contribution in [1.29, 1.82) is 0 Å². The summed E-state index contributed by atoms with van der Waals surface area (Å²) in [5, 5.41) is 2.73. The van der Waals surface area contributed by atoms with Gasteiger partial charge >= 0.3 is 0 Å². The molecule has 1 aromatic rings. The van der Waals surface area contributed by atoms with Crippen LogP contribution in [0.25, 0.3) is 0 Å². The van der Waals surface area contributed by atoms with E-state index in [0.29, 0.717) is 32.5 Å². The summed E-state index contributed by atoms with van der Waals surface area (Å²) in [4.78, 5) is 25.5. The lowest BCUT2D eigenvalue weighted by molar-refractivity contribution is -0.135. The fraction of sp³-hybridized carbons (Fsp3) is 0.467. The molecule has 0 saturated carbocycles. The minimum atomic E-state index is -0.371. The van der Waals surface area contributed by atoms with E-state index in [1.165, 1.54) is 0 Å². The quantitative estimate of drug-likeness (QED) is 0.800. The average Bonchev–Trinajstić information content (AvgIpc) is 2.90. The summed E-state index contributed by atoms with van der Waals surface area (Å²) < 4.78 is 0. The molecule has 0 radical (unpaired) electrons. The summed E-state index contributed by atoms with van der Waals surface area (Å²) in [5.74, 6) is -0.0463. The van der Waals surface area contributed by atoms with Gasteiger partial charge in [-0.05, 0) is 24.9 Å². The Morgan fingerprint density at radius 3 is 2.70 bits per heavy atom. The molecular weight excluding hydrogens is 254 g/mol. The molecule has 20 heavy (non-hydrogen) atoms. The molecule has 2 rings (SSSR count). The third-order valence-electron chi connectivity index (χ3n) is 3.45. The van der Waals surface area contributed by atoms with Crippen LogP contribution in [0.5, 0.6) is 0 Å². The van der Waals surface area contributed by atoms with E-state index >= 15 is 0 Å². The van der Waals surface area contributed by atoms with Gasteiger partial charge in [0.2, 0.25) is 11.8 Å². The number of carbonyl (C=O) groups excluding carboxylic acids is 2. The van der Waals surface area contributed by atoms with Crippen LogP contribution in [-0.4, -0.2) is 35.8 Å². The Balaban J connectivity index is 2.02. The van der Waals surface area contributed by atoms with Crippen LogP contribution < -0.4 is 11.1 Å². The van der Waals surface area contributed by atoms with Crippen LogP contribution in [-0.2, 0) is 16.1 Å². The minimum Gasteiger partial charge on any atom is -0.344 e. The Hall–Kier alpha value is -1.88.